The Morgan fingerprint density at radius 3 is 2.61 bits per heavy atom. The summed E-state index contributed by atoms with van der Waals surface area (Å²) < 4.78 is 1.52. The molecule has 0 aliphatic heterocycles. The molecule has 144 valence electrons. The Morgan fingerprint density at radius 2 is 1.93 bits per heavy atom. The van der Waals surface area contributed by atoms with Gasteiger partial charge in [0.1, 0.15) is 0 Å². The first-order valence-corrected chi connectivity index (χ1v) is 8.56. The molecule has 28 heavy (non-hydrogen) atoms. The molecule has 3 aromatic rings. The number of benzene rings is 2. The normalized spacial score (nSPS) is 10.8. The first kappa shape index (κ1) is 19.0. The number of nitrogens with one attached hydrogen (secondary N) is 1. The van der Waals surface area contributed by atoms with Gasteiger partial charge in [-0.15, -0.1) is 0 Å². The highest BCUT2D eigenvalue weighted by atomic mass is 16.6. The molecule has 0 fully saturated rings. The van der Waals surface area contributed by atoms with E-state index < -0.39 is 9.85 Å². The number of non-ortho nitro benzene ring substituents is 1. The van der Waals surface area contributed by atoms with E-state index in [0.717, 1.165) is 5.39 Å². The number of amides is 1. The van der Waals surface area contributed by atoms with E-state index >= 15 is 0 Å². The smallest absolute Gasteiger partial charge is 0.274 e. The average Bonchev–Trinajstić information content (AvgIpc) is 3.08. The van der Waals surface area contributed by atoms with Gasteiger partial charge in [-0.05, 0) is 18.6 Å². The zero-order chi connectivity index (χ0) is 20.3. The van der Waals surface area contributed by atoms with Crippen molar-refractivity contribution in [2.24, 2.45) is 0 Å². The molecular formula is C18H17N5O5. The molecule has 10 heteroatoms. The van der Waals surface area contributed by atoms with Crippen LogP contribution < -0.4 is 5.32 Å². The van der Waals surface area contributed by atoms with Crippen molar-refractivity contribution in [1.29, 1.82) is 0 Å². The van der Waals surface area contributed by atoms with Crippen LogP contribution in [0.25, 0.3) is 10.9 Å². The van der Waals surface area contributed by atoms with Gasteiger partial charge in [-0.2, -0.15) is 5.10 Å². The zero-order valence-electron chi connectivity index (χ0n) is 15.0. The van der Waals surface area contributed by atoms with Gasteiger partial charge in [-0.25, -0.2) is 0 Å². The van der Waals surface area contributed by atoms with E-state index in [1.807, 2.05) is 6.92 Å². The monoisotopic (exact) mass is 383 g/mol. The minimum atomic E-state index is -0.490. The number of aromatic nitrogens is 2. The topological polar surface area (TPSA) is 133 Å². The van der Waals surface area contributed by atoms with Gasteiger partial charge < -0.3 is 5.32 Å². The summed E-state index contributed by atoms with van der Waals surface area (Å²) in [7, 11) is 0. The van der Waals surface area contributed by atoms with Gasteiger partial charge >= 0.3 is 0 Å². The maximum absolute atomic E-state index is 12.2. The molecule has 0 spiro atoms. The Kier molecular flexibility index (Phi) is 5.30. The molecule has 1 heterocycles. The van der Waals surface area contributed by atoms with Crippen molar-refractivity contribution in [2.45, 2.75) is 26.3 Å². The number of anilines is 1. The van der Waals surface area contributed by atoms with Crippen molar-refractivity contribution in [1.82, 2.24) is 9.78 Å². The molecule has 0 unspecified atom stereocenters. The summed E-state index contributed by atoms with van der Waals surface area (Å²) in [6.07, 6.45) is 2.15. The number of aryl methyl sites for hydroxylation is 2. The molecular weight excluding hydrogens is 366 g/mol. The second kappa shape index (κ2) is 7.82. The fourth-order valence-corrected chi connectivity index (χ4v) is 2.89. The van der Waals surface area contributed by atoms with Crippen LogP contribution in [0.4, 0.5) is 17.1 Å². The summed E-state index contributed by atoms with van der Waals surface area (Å²) >= 11 is 0. The van der Waals surface area contributed by atoms with Gasteiger partial charge in [-0.1, -0.05) is 13.0 Å². The molecule has 3 rings (SSSR count). The molecule has 2 aromatic carbocycles. The summed E-state index contributed by atoms with van der Waals surface area (Å²) in [5, 5.41) is 29.6. The van der Waals surface area contributed by atoms with E-state index in [2.05, 4.69) is 10.4 Å². The molecule has 0 aliphatic rings. The second-order valence-corrected chi connectivity index (χ2v) is 6.12. The Hall–Kier alpha value is -3.82. The number of hydrogen-bond acceptors (Lipinski definition) is 6. The lowest BCUT2D eigenvalue weighted by atomic mass is 10.1. The lowest BCUT2D eigenvalue weighted by Crippen LogP contribution is -2.15. The standard InChI is InChI=1S/C18H17N5O5/c1-2-12-3-5-14(9-17(12)23(27)28)20-18(24)7-8-21-16-10-15(22(25)26)6-4-13(16)11-19-21/h3-6,9-11H,2,7-8H2,1H3,(H,20,24). The Balaban J connectivity index is 1.70. The maximum atomic E-state index is 12.2. The lowest BCUT2D eigenvalue weighted by Gasteiger charge is -2.08. The highest BCUT2D eigenvalue weighted by Crippen LogP contribution is 2.24. The van der Waals surface area contributed by atoms with Gasteiger partial charge in [0, 0.05) is 41.3 Å². The van der Waals surface area contributed by atoms with Gasteiger partial charge in [0.2, 0.25) is 5.91 Å². The highest BCUT2D eigenvalue weighted by molar-refractivity contribution is 5.91. The van der Waals surface area contributed by atoms with Crippen LogP contribution in [0.5, 0.6) is 0 Å². The first-order chi connectivity index (χ1) is 13.4. The van der Waals surface area contributed by atoms with Crippen LogP contribution >= 0.6 is 0 Å². The maximum Gasteiger partial charge on any atom is 0.274 e. The number of fused-ring (bicyclic) bond motifs is 1. The number of carbonyl (C=O) groups excluding carboxylic acids is 1. The van der Waals surface area contributed by atoms with E-state index in [1.165, 1.54) is 22.9 Å². The predicted octanol–water partition coefficient (Wildman–Crippen LogP) is 3.44. The van der Waals surface area contributed by atoms with Crippen LogP contribution in [-0.2, 0) is 17.8 Å². The number of nitro groups is 2. The molecule has 0 saturated heterocycles. The zero-order valence-corrected chi connectivity index (χ0v) is 15.0. The Labute approximate surface area is 159 Å². The first-order valence-electron chi connectivity index (χ1n) is 8.56. The summed E-state index contributed by atoms with van der Waals surface area (Å²) in [4.78, 5) is 33.3. The van der Waals surface area contributed by atoms with Crippen molar-refractivity contribution in [3.05, 3.63) is 68.4 Å². The molecule has 1 amide bonds. The van der Waals surface area contributed by atoms with Crippen molar-refractivity contribution in [2.75, 3.05) is 5.32 Å². The number of carbonyl (C=O) groups is 1. The van der Waals surface area contributed by atoms with Gasteiger partial charge in [-0.3, -0.25) is 29.7 Å². The molecule has 0 atom stereocenters. The third kappa shape index (κ3) is 3.95. The van der Waals surface area contributed by atoms with E-state index in [-0.39, 0.29) is 30.2 Å². The minimum absolute atomic E-state index is 0.0364. The molecule has 0 bridgehead atoms. The van der Waals surface area contributed by atoms with Gasteiger partial charge in [0.25, 0.3) is 11.4 Å². The highest BCUT2D eigenvalue weighted by Gasteiger charge is 2.15. The fourth-order valence-electron chi connectivity index (χ4n) is 2.89. The van der Waals surface area contributed by atoms with Crippen LogP contribution in [0.1, 0.15) is 18.9 Å². The van der Waals surface area contributed by atoms with Crippen molar-refractivity contribution in [3.63, 3.8) is 0 Å². The molecule has 1 aromatic heterocycles. The molecule has 0 radical (unpaired) electrons. The molecule has 1 N–H and O–H groups in total. The SMILES string of the molecule is CCc1ccc(NC(=O)CCn2ncc3ccc([N+](=O)[O-])cc32)cc1[N+](=O)[O-]. The van der Waals surface area contributed by atoms with Crippen LogP contribution in [0.2, 0.25) is 0 Å². The average molecular weight is 383 g/mol. The summed E-state index contributed by atoms with van der Waals surface area (Å²) in [6, 6.07) is 8.99. The Morgan fingerprint density at radius 1 is 1.14 bits per heavy atom. The summed E-state index contributed by atoms with van der Waals surface area (Å²) in [5.41, 5.74) is 1.40. The fraction of sp³-hybridized carbons (Fsp3) is 0.222. The number of nitrogens with zero attached hydrogens (tertiary/aromatic N) is 4. The van der Waals surface area contributed by atoms with E-state index in [0.29, 0.717) is 23.2 Å². The van der Waals surface area contributed by atoms with Crippen LogP contribution in [0.15, 0.2) is 42.6 Å². The van der Waals surface area contributed by atoms with Gasteiger partial charge in [0.15, 0.2) is 0 Å². The van der Waals surface area contributed by atoms with Crippen molar-refractivity contribution < 1.29 is 14.6 Å². The molecule has 10 nitrogen and oxygen atoms in total. The van der Waals surface area contributed by atoms with E-state index in [4.69, 9.17) is 0 Å². The van der Waals surface area contributed by atoms with Crippen LogP contribution in [0.3, 0.4) is 0 Å². The molecule has 0 saturated carbocycles. The largest absolute Gasteiger partial charge is 0.326 e. The number of rotatable bonds is 7. The lowest BCUT2D eigenvalue weighted by molar-refractivity contribution is -0.385. The van der Waals surface area contributed by atoms with E-state index in [9.17, 15) is 25.0 Å². The van der Waals surface area contributed by atoms with Crippen LogP contribution in [-0.4, -0.2) is 25.5 Å². The van der Waals surface area contributed by atoms with E-state index in [1.54, 1.807) is 24.4 Å². The number of nitro benzene ring substituents is 2. The summed E-state index contributed by atoms with van der Waals surface area (Å²) in [6.45, 7) is 2.03. The molecule has 0 aliphatic carbocycles. The van der Waals surface area contributed by atoms with Gasteiger partial charge in [0.05, 0.1) is 28.1 Å². The number of hydrogen-bond donors (Lipinski definition) is 1. The van der Waals surface area contributed by atoms with Crippen molar-refractivity contribution >= 4 is 33.9 Å². The Bertz CT molecular complexity index is 1080. The predicted molar refractivity (Wildman–Crippen MR) is 102 cm³/mol. The van der Waals surface area contributed by atoms with Crippen molar-refractivity contribution in [3.8, 4) is 0 Å². The summed E-state index contributed by atoms with van der Waals surface area (Å²) in [5.74, 6) is -0.340. The quantitative estimate of drug-likeness (QED) is 0.491. The van der Waals surface area contributed by atoms with Crippen LogP contribution in [0, 0.1) is 20.2 Å². The third-order valence-corrected chi connectivity index (χ3v) is 4.34. The second-order valence-electron chi connectivity index (χ2n) is 6.12. The minimum Gasteiger partial charge on any atom is -0.326 e. The third-order valence-electron chi connectivity index (χ3n) is 4.34.